The summed E-state index contributed by atoms with van der Waals surface area (Å²) in [6, 6.07) is 0. The third-order valence-electron chi connectivity index (χ3n) is 15.8. The van der Waals surface area contributed by atoms with Crippen molar-refractivity contribution in [2.75, 3.05) is 39.6 Å². The lowest BCUT2D eigenvalue weighted by Crippen LogP contribution is -2.30. The van der Waals surface area contributed by atoms with Gasteiger partial charge in [-0.05, 0) is 49.4 Å². The van der Waals surface area contributed by atoms with E-state index in [9.17, 15) is 43.2 Å². The van der Waals surface area contributed by atoms with E-state index >= 15 is 0 Å². The number of phosphoric acid groups is 2. The molecule has 0 aromatic heterocycles. The summed E-state index contributed by atoms with van der Waals surface area (Å²) >= 11 is 0. The Morgan fingerprint density at radius 2 is 0.477 bits per heavy atom. The van der Waals surface area contributed by atoms with Crippen molar-refractivity contribution < 1.29 is 80.2 Å². The summed E-state index contributed by atoms with van der Waals surface area (Å²) in [6.45, 7) is 14.0. The number of aliphatic hydroxyl groups is 1. The maximum Gasteiger partial charge on any atom is 0.472 e. The van der Waals surface area contributed by atoms with Crippen molar-refractivity contribution in [2.24, 2.45) is 23.7 Å². The summed E-state index contributed by atoms with van der Waals surface area (Å²) in [5.74, 6) is 0.794. The standard InChI is InChI=1S/C69H134O17P2/c1-59(2)45-37-29-21-15-12-10-9-11-13-17-25-35-43-51-68(73)85-65(56-80-67(72)50-42-34-28-27-32-40-48-62(7)8)58-84-88(77,78)82-54-63(70)53-81-87(75,76)83-57-64(86-69(74)52-44-36-26-20-19-23-31-39-47-61(5)6)55-79-66(71)49-41-33-24-18-14-16-22-30-38-46-60(3)4/h59-65,70H,9-58H2,1-8H3,(H,75,76)(H,77,78)/t63-,64-,65-/m1/s1. The van der Waals surface area contributed by atoms with Crippen LogP contribution in [0.25, 0.3) is 0 Å². The molecule has 0 aromatic rings. The maximum absolute atomic E-state index is 13.0. The normalized spacial score (nSPS) is 14.3. The van der Waals surface area contributed by atoms with Gasteiger partial charge in [0.15, 0.2) is 12.2 Å². The van der Waals surface area contributed by atoms with Gasteiger partial charge >= 0.3 is 39.5 Å². The van der Waals surface area contributed by atoms with Crippen molar-refractivity contribution in [1.82, 2.24) is 0 Å². The average Bonchev–Trinajstić information content (AvgIpc) is 3.63. The molecule has 2 unspecified atom stereocenters. The zero-order valence-corrected chi connectivity index (χ0v) is 59.1. The first-order valence-corrected chi connectivity index (χ1v) is 38.7. The highest BCUT2D eigenvalue weighted by atomic mass is 31.2. The number of phosphoric ester groups is 2. The number of carbonyl (C=O) groups is 4. The van der Waals surface area contributed by atoms with E-state index in [2.05, 4.69) is 55.4 Å². The van der Waals surface area contributed by atoms with E-state index in [1.807, 2.05) is 0 Å². The van der Waals surface area contributed by atoms with Crippen molar-refractivity contribution >= 4 is 39.5 Å². The van der Waals surface area contributed by atoms with Gasteiger partial charge in [0.05, 0.1) is 26.4 Å². The lowest BCUT2D eigenvalue weighted by Gasteiger charge is -2.21. The van der Waals surface area contributed by atoms with Crippen molar-refractivity contribution in [1.29, 1.82) is 0 Å². The highest BCUT2D eigenvalue weighted by Gasteiger charge is 2.30. The molecule has 0 rings (SSSR count). The Morgan fingerprint density at radius 3 is 0.705 bits per heavy atom. The van der Waals surface area contributed by atoms with Gasteiger partial charge in [0.1, 0.15) is 19.3 Å². The van der Waals surface area contributed by atoms with Crippen LogP contribution in [0.3, 0.4) is 0 Å². The monoisotopic (exact) mass is 1300 g/mol. The van der Waals surface area contributed by atoms with E-state index in [4.69, 9.17) is 37.0 Å². The first-order chi connectivity index (χ1) is 42.1. The van der Waals surface area contributed by atoms with Gasteiger partial charge in [0.2, 0.25) is 0 Å². The van der Waals surface area contributed by atoms with E-state index in [-0.39, 0.29) is 25.7 Å². The molecular weight excluding hydrogens is 1160 g/mol. The molecule has 0 aliphatic rings. The summed E-state index contributed by atoms with van der Waals surface area (Å²) in [4.78, 5) is 72.4. The van der Waals surface area contributed by atoms with Crippen LogP contribution in [0.5, 0.6) is 0 Å². The summed E-state index contributed by atoms with van der Waals surface area (Å²) in [5.41, 5.74) is 0. The van der Waals surface area contributed by atoms with Crippen LogP contribution in [-0.2, 0) is 65.4 Å². The fourth-order valence-electron chi connectivity index (χ4n) is 10.3. The third-order valence-corrected chi connectivity index (χ3v) is 17.7. The van der Waals surface area contributed by atoms with Crippen molar-refractivity contribution in [3.8, 4) is 0 Å². The second-order valence-corrected chi connectivity index (χ2v) is 29.7. The molecule has 5 atom stereocenters. The number of aliphatic hydroxyl groups excluding tert-OH is 1. The number of ether oxygens (including phenoxy) is 4. The van der Waals surface area contributed by atoms with E-state index in [1.54, 1.807) is 0 Å². The number of esters is 4. The molecule has 0 aliphatic heterocycles. The summed E-state index contributed by atoms with van der Waals surface area (Å²) < 4.78 is 68.2. The Balaban J connectivity index is 5.23. The van der Waals surface area contributed by atoms with Crippen molar-refractivity contribution in [2.45, 2.75) is 356 Å². The fourth-order valence-corrected chi connectivity index (χ4v) is 11.9. The topological polar surface area (TPSA) is 237 Å². The molecule has 0 saturated heterocycles. The molecule has 0 radical (unpaired) electrons. The Morgan fingerprint density at radius 1 is 0.284 bits per heavy atom. The van der Waals surface area contributed by atoms with E-state index in [0.29, 0.717) is 31.6 Å². The summed E-state index contributed by atoms with van der Waals surface area (Å²) in [7, 11) is -9.90. The molecule has 3 N–H and O–H groups in total. The Labute approximate surface area is 537 Å². The largest absolute Gasteiger partial charge is 0.472 e. The molecule has 0 bridgehead atoms. The summed E-state index contributed by atoms with van der Waals surface area (Å²) in [5, 5.41) is 10.6. The Bertz CT molecular complexity index is 1750. The summed E-state index contributed by atoms with van der Waals surface area (Å²) in [6.07, 6.45) is 40.5. The van der Waals surface area contributed by atoms with Gasteiger partial charge in [-0.25, -0.2) is 9.13 Å². The lowest BCUT2D eigenvalue weighted by molar-refractivity contribution is -0.161. The van der Waals surface area contributed by atoms with E-state index in [1.165, 1.54) is 135 Å². The van der Waals surface area contributed by atoms with Gasteiger partial charge in [-0.2, -0.15) is 0 Å². The van der Waals surface area contributed by atoms with Crippen LogP contribution >= 0.6 is 15.6 Å². The molecule has 0 spiro atoms. The van der Waals surface area contributed by atoms with Gasteiger partial charge in [-0.1, -0.05) is 287 Å². The molecule has 0 heterocycles. The first-order valence-electron chi connectivity index (χ1n) is 35.7. The molecule has 0 aliphatic carbocycles. The minimum Gasteiger partial charge on any atom is -0.462 e. The maximum atomic E-state index is 13.0. The predicted octanol–water partition coefficient (Wildman–Crippen LogP) is 19.3. The Kier molecular flexibility index (Phi) is 57.6. The third kappa shape index (κ3) is 62.8. The average molecular weight is 1300 g/mol. The molecule has 88 heavy (non-hydrogen) atoms. The molecule has 0 fully saturated rings. The quantitative estimate of drug-likeness (QED) is 0.0222. The van der Waals surface area contributed by atoms with Crippen LogP contribution in [0.15, 0.2) is 0 Å². The fraction of sp³-hybridized carbons (Fsp3) is 0.942. The lowest BCUT2D eigenvalue weighted by atomic mass is 10.0. The number of hydrogen-bond donors (Lipinski definition) is 3. The zero-order valence-electron chi connectivity index (χ0n) is 57.3. The zero-order chi connectivity index (χ0) is 65.4. The minimum atomic E-state index is -4.95. The highest BCUT2D eigenvalue weighted by molar-refractivity contribution is 7.47. The SMILES string of the molecule is CC(C)CCCCCCCCCCCCCCCC(=O)O[C@H](COC(=O)CCCCCCCCC(C)C)COP(=O)(O)OC[C@H](O)COP(=O)(O)OC[C@@H](COC(=O)CCCCCCCCCCCC(C)C)OC(=O)CCCCCCCCCCC(C)C. The number of carbonyl (C=O) groups excluding carboxylic acids is 4. The Hall–Kier alpha value is -1.94. The van der Waals surface area contributed by atoms with Gasteiger partial charge < -0.3 is 33.8 Å². The van der Waals surface area contributed by atoms with E-state index in [0.717, 1.165) is 114 Å². The molecule has 0 saturated carbocycles. The van der Waals surface area contributed by atoms with Crippen molar-refractivity contribution in [3.05, 3.63) is 0 Å². The number of hydrogen-bond acceptors (Lipinski definition) is 15. The molecule has 522 valence electrons. The molecule has 0 amide bonds. The van der Waals surface area contributed by atoms with Gasteiger partial charge in [-0.15, -0.1) is 0 Å². The van der Waals surface area contributed by atoms with Gasteiger partial charge in [0, 0.05) is 25.7 Å². The van der Waals surface area contributed by atoms with Crippen LogP contribution in [0.1, 0.15) is 338 Å². The minimum absolute atomic E-state index is 0.103. The van der Waals surface area contributed by atoms with Gasteiger partial charge in [0.25, 0.3) is 0 Å². The van der Waals surface area contributed by atoms with E-state index < -0.39 is 97.5 Å². The van der Waals surface area contributed by atoms with Crippen molar-refractivity contribution in [3.63, 3.8) is 0 Å². The van der Waals surface area contributed by atoms with Gasteiger partial charge in [-0.3, -0.25) is 37.3 Å². The number of unbranched alkanes of at least 4 members (excludes halogenated alkanes) is 32. The molecule has 0 aromatic carbocycles. The predicted molar refractivity (Wildman–Crippen MR) is 354 cm³/mol. The second kappa shape index (κ2) is 58.8. The second-order valence-electron chi connectivity index (χ2n) is 26.8. The smallest absolute Gasteiger partial charge is 0.462 e. The number of rotatable bonds is 66. The van der Waals surface area contributed by atoms with Crippen LogP contribution < -0.4 is 0 Å². The molecule has 19 heteroatoms. The highest BCUT2D eigenvalue weighted by Crippen LogP contribution is 2.45. The van der Waals surface area contributed by atoms with Crippen LogP contribution in [-0.4, -0.2) is 96.7 Å². The molecular formula is C69H134O17P2. The van der Waals surface area contributed by atoms with Crippen LogP contribution in [0.2, 0.25) is 0 Å². The molecule has 17 nitrogen and oxygen atoms in total. The van der Waals surface area contributed by atoms with Crippen LogP contribution in [0, 0.1) is 23.7 Å². The van der Waals surface area contributed by atoms with Crippen LogP contribution in [0.4, 0.5) is 0 Å². The first kappa shape index (κ1) is 86.1.